The summed E-state index contributed by atoms with van der Waals surface area (Å²) < 4.78 is 5.46. The molecule has 0 radical (unpaired) electrons. The van der Waals surface area contributed by atoms with Gasteiger partial charge < -0.3 is 4.74 Å². The van der Waals surface area contributed by atoms with E-state index in [0.717, 1.165) is 25.1 Å². The van der Waals surface area contributed by atoms with Crippen LogP contribution in [0.4, 0.5) is 0 Å². The molecule has 3 N–H and O–H groups in total. The van der Waals surface area contributed by atoms with Crippen molar-refractivity contribution in [2.24, 2.45) is 5.84 Å². The van der Waals surface area contributed by atoms with E-state index in [-0.39, 0.29) is 6.04 Å². The van der Waals surface area contributed by atoms with Crippen molar-refractivity contribution >= 4 is 0 Å². The van der Waals surface area contributed by atoms with Crippen LogP contribution in [0.1, 0.15) is 40.9 Å². The first-order valence-corrected chi connectivity index (χ1v) is 7.39. The van der Waals surface area contributed by atoms with Crippen LogP contribution in [-0.4, -0.2) is 4.98 Å². The number of nitrogens with one attached hydrogen (secondary N) is 1. The number of pyridine rings is 1. The van der Waals surface area contributed by atoms with Crippen LogP contribution in [0, 0.1) is 0 Å². The molecule has 1 aromatic heterocycles. The zero-order valence-corrected chi connectivity index (χ0v) is 12.3. The van der Waals surface area contributed by atoms with Crippen LogP contribution in [0.15, 0.2) is 36.5 Å². The summed E-state index contributed by atoms with van der Waals surface area (Å²) in [4.78, 5) is 4.52. The minimum Gasteiger partial charge on any atom is -0.372 e. The van der Waals surface area contributed by atoms with Crippen molar-refractivity contribution in [3.05, 3.63) is 64.5 Å². The first-order chi connectivity index (χ1) is 10.3. The fourth-order valence-electron chi connectivity index (χ4n) is 2.68. The second-order valence-electron chi connectivity index (χ2n) is 5.46. The van der Waals surface area contributed by atoms with Crippen LogP contribution >= 0.6 is 0 Å². The molecule has 21 heavy (non-hydrogen) atoms. The molecule has 4 heteroatoms. The van der Waals surface area contributed by atoms with Gasteiger partial charge >= 0.3 is 0 Å². The number of hydrazine groups is 1. The van der Waals surface area contributed by atoms with E-state index >= 15 is 0 Å². The van der Waals surface area contributed by atoms with E-state index < -0.39 is 0 Å². The van der Waals surface area contributed by atoms with E-state index in [4.69, 9.17) is 10.6 Å². The molecule has 1 aliphatic heterocycles. The van der Waals surface area contributed by atoms with E-state index in [1.165, 1.54) is 22.3 Å². The molecule has 1 atom stereocenters. The highest BCUT2D eigenvalue weighted by molar-refractivity contribution is 5.35. The summed E-state index contributed by atoms with van der Waals surface area (Å²) in [5.41, 5.74) is 8.94. The third-order valence-corrected chi connectivity index (χ3v) is 4.06. The highest BCUT2D eigenvalue weighted by Gasteiger charge is 2.16. The lowest BCUT2D eigenvalue weighted by molar-refractivity contribution is 0.134. The lowest BCUT2D eigenvalue weighted by atomic mass is 9.98. The molecular formula is C17H21N3O. The van der Waals surface area contributed by atoms with E-state index in [0.29, 0.717) is 6.61 Å². The van der Waals surface area contributed by atoms with Gasteiger partial charge in [-0.2, -0.15) is 0 Å². The number of benzene rings is 1. The molecule has 2 heterocycles. The molecule has 110 valence electrons. The van der Waals surface area contributed by atoms with Crippen LogP contribution in [0.5, 0.6) is 0 Å². The Morgan fingerprint density at radius 3 is 2.81 bits per heavy atom. The standard InChI is InChI=1S/C17H21N3O/c1-2-12-3-6-16(19-9-12)8-17(20-18)13-4-5-14-10-21-11-15(14)7-13/h3-7,9,17,20H,2,8,10-11,18H2,1H3. The maximum Gasteiger partial charge on any atom is 0.0725 e. The fraction of sp³-hybridized carbons (Fsp3) is 0.353. The molecule has 0 amide bonds. The second-order valence-corrected chi connectivity index (χ2v) is 5.46. The van der Waals surface area contributed by atoms with Crippen molar-refractivity contribution in [2.75, 3.05) is 0 Å². The van der Waals surface area contributed by atoms with Gasteiger partial charge in [0.2, 0.25) is 0 Å². The van der Waals surface area contributed by atoms with Crippen LogP contribution in [0.3, 0.4) is 0 Å². The highest BCUT2D eigenvalue weighted by Crippen LogP contribution is 2.25. The van der Waals surface area contributed by atoms with Crippen LogP contribution in [0.25, 0.3) is 0 Å². The number of nitrogens with zero attached hydrogens (tertiary/aromatic N) is 1. The third kappa shape index (κ3) is 3.13. The number of fused-ring (bicyclic) bond motifs is 1. The molecule has 1 aliphatic rings. The lowest BCUT2D eigenvalue weighted by Gasteiger charge is -2.17. The number of ether oxygens (including phenoxy) is 1. The molecule has 0 saturated heterocycles. The van der Waals surface area contributed by atoms with Gasteiger partial charge in [0.15, 0.2) is 0 Å². The number of hydrogen-bond donors (Lipinski definition) is 2. The molecule has 0 bridgehead atoms. The van der Waals surface area contributed by atoms with E-state index in [2.05, 4.69) is 47.7 Å². The molecule has 1 unspecified atom stereocenters. The topological polar surface area (TPSA) is 60.2 Å². The van der Waals surface area contributed by atoms with Gasteiger partial charge in [0.05, 0.1) is 19.3 Å². The Morgan fingerprint density at radius 2 is 2.10 bits per heavy atom. The minimum absolute atomic E-state index is 0.0656. The molecule has 0 fully saturated rings. The maximum atomic E-state index is 5.74. The Bertz CT molecular complexity index is 610. The Hall–Kier alpha value is -1.75. The molecular weight excluding hydrogens is 262 g/mol. The minimum atomic E-state index is 0.0656. The monoisotopic (exact) mass is 283 g/mol. The average molecular weight is 283 g/mol. The van der Waals surface area contributed by atoms with Gasteiger partial charge in [-0.05, 0) is 34.7 Å². The van der Waals surface area contributed by atoms with Crippen LogP contribution < -0.4 is 11.3 Å². The van der Waals surface area contributed by atoms with Crippen molar-refractivity contribution in [1.29, 1.82) is 0 Å². The van der Waals surface area contributed by atoms with E-state index in [1.807, 2.05) is 6.20 Å². The predicted octanol–water partition coefficient (Wildman–Crippen LogP) is 2.42. The van der Waals surface area contributed by atoms with Gasteiger partial charge in [0, 0.05) is 18.3 Å². The maximum absolute atomic E-state index is 5.74. The predicted molar refractivity (Wildman–Crippen MR) is 82.3 cm³/mol. The van der Waals surface area contributed by atoms with Crippen molar-refractivity contribution in [3.63, 3.8) is 0 Å². The zero-order chi connectivity index (χ0) is 14.7. The molecule has 1 aromatic carbocycles. The van der Waals surface area contributed by atoms with Gasteiger partial charge in [-0.15, -0.1) is 0 Å². The molecule has 4 nitrogen and oxygen atoms in total. The van der Waals surface area contributed by atoms with Crippen molar-refractivity contribution in [3.8, 4) is 0 Å². The van der Waals surface area contributed by atoms with E-state index in [1.54, 1.807) is 0 Å². The largest absolute Gasteiger partial charge is 0.372 e. The van der Waals surface area contributed by atoms with Crippen LogP contribution in [0.2, 0.25) is 0 Å². The molecule has 3 rings (SSSR count). The van der Waals surface area contributed by atoms with E-state index in [9.17, 15) is 0 Å². The fourth-order valence-corrected chi connectivity index (χ4v) is 2.68. The number of aryl methyl sites for hydroxylation is 1. The second kappa shape index (κ2) is 6.35. The smallest absolute Gasteiger partial charge is 0.0725 e. The van der Waals surface area contributed by atoms with Gasteiger partial charge in [-0.1, -0.05) is 31.2 Å². The summed E-state index contributed by atoms with van der Waals surface area (Å²) in [6, 6.07) is 10.7. The van der Waals surface area contributed by atoms with Crippen LogP contribution in [-0.2, 0) is 30.8 Å². The molecule has 0 saturated carbocycles. The number of rotatable bonds is 5. The average Bonchev–Trinajstić information content (AvgIpc) is 3.00. The molecule has 2 aromatic rings. The quantitative estimate of drug-likeness (QED) is 0.653. The number of nitrogens with two attached hydrogens (primary N) is 1. The summed E-state index contributed by atoms with van der Waals surface area (Å²) in [5.74, 6) is 5.74. The Balaban J connectivity index is 1.78. The van der Waals surface area contributed by atoms with Crippen molar-refractivity contribution in [1.82, 2.24) is 10.4 Å². The molecule has 0 spiro atoms. The summed E-state index contributed by atoms with van der Waals surface area (Å²) in [6.45, 7) is 3.55. The number of aromatic nitrogens is 1. The van der Waals surface area contributed by atoms with Gasteiger partial charge in [-0.3, -0.25) is 16.3 Å². The summed E-state index contributed by atoms with van der Waals surface area (Å²) in [5, 5.41) is 0. The number of hydrogen-bond acceptors (Lipinski definition) is 4. The molecule has 0 aliphatic carbocycles. The SMILES string of the molecule is CCc1ccc(CC(NN)c2ccc3c(c2)COC3)nc1. The summed E-state index contributed by atoms with van der Waals surface area (Å²) in [6.07, 6.45) is 3.73. The van der Waals surface area contributed by atoms with Crippen molar-refractivity contribution in [2.45, 2.75) is 39.0 Å². The zero-order valence-electron chi connectivity index (χ0n) is 12.3. The third-order valence-electron chi connectivity index (χ3n) is 4.06. The Kier molecular flexibility index (Phi) is 4.29. The van der Waals surface area contributed by atoms with Gasteiger partial charge in [0.1, 0.15) is 0 Å². The summed E-state index contributed by atoms with van der Waals surface area (Å²) in [7, 11) is 0. The van der Waals surface area contributed by atoms with Gasteiger partial charge in [0.25, 0.3) is 0 Å². The van der Waals surface area contributed by atoms with Gasteiger partial charge in [-0.25, -0.2) is 0 Å². The first kappa shape index (κ1) is 14.2. The highest BCUT2D eigenvalue weighted by atomic mass is 16.5. The Morgan fingerprint density at radius 1 is 1.24 bits per heavy atom. The normalized spacial score (nSPS) is 15.0. The Labute approximate surface area is 125 Å². The lowest BCUT2D eigenvalue weighted by Crippen LogP contribution is -2.29. The summed E-state index contributed by atoms with van der Waals surface area (Å²) >= 11 is 0. The van der Waals surface area contributed by atoms with Crippen molar-refractivity contribution < 1.29 is 4.74 Å². The first-order valence-electron chi connectivity index (χ1n) is 7.39.